The summed E-state index contributed by atoms with van der Waals surface area (Å²) in [6.45, 7) is 1.83. The molecule has 0 saturated heterocycles. The monoisotopic (exact) mass is 178 g/mol. The van der Waals surface area contributed by atoms with Gasteiger partial charge in [0.2, 0.25) is 0 Å². The van der Waals surface area contributed by atoms with Crippen LogP contribution in [0.25, 0.3) is 0 Å². The first kappa shape index (κ1) is 17.3. The summed E-state index contributed by atoms with van der Waals surface area (Å²) in [4.78, 5) is 9.75. The Morgan fingerprint density at radius 2 is 2.00 bits per heavy atom. The van der Waals surface area contributed by atoms with Gasteiger partial charge < -0.3 is 9.39 Å². The van der Waals surface area contributed by atoms with Gasteiger partial charge in [-0.25, -0.2) is 4.79 Å². The van der Waals surface area contributed by atoms with E-state index < -0.39 is 5.97 Å². The summed E-state index contributed by atoms with van der Waals surface area (Å²) in [7, 11) is 0. The van der Waals surface area contributed by atoms with E-state index in [1.54, 1.807) is 12.2 Å². The van der Waals surface area contributed by atoms with Gasteiger partial charge in [0.05, 0.1) is 0 Å². The summed E-state index contributed by atoms with van der Waals surface area (Å²) in [5, 5.41) is 8.02. The summed E-state index contributed by atoms with van der Waals surface area (Å²) in [5.41, 5.74) is 0. The topological polar surface area (TPSA) is 37.3 Å². The molecule has 4 heteroatoms. The Labute approximate surface area is 117 Å². The Kier molecular flexibility index (Phi) is 22.3. The standard InChI is InChI=1S/C6H8O2.Ca.Na.3H/c1-2-3-4-5-6(7)8;;;;;/h2-5H,1H3,(H,7,8);;;;;/q;+2;+1;3*-1. The molecule has 0 amide bonds. The van der Waals surface area contributed by atoms with E-state index in [-0.39, 0.29) is 71.6 Å². The summed E-state index contributed by atoms with van der Waals surface area (Å²) in [6.07, 6.45) is 5.98. The van der Waals surface area contributed by atoms with E-state index in [0.29, 0.717) is 0 Å². The van der Waals surface area contributed by atoms with Crippen LogP contribution in [0.5, 0.6) is 0 Å². The number of rotatable bonds is 2. The van der Waals surface area contributed by atoms with Crippen LogP contribution >= 0.6 is 0 Å². The number of aliphatic carboxylic acids is 1. The molecule has 0 unspecified atom stereocenters. The zero-order valence-corrected chi connectivity index (χ0v) is 10.6. The average Bonchev–Trinajstić information content (AvgIpc) is 1.66. The Balaban J connectivity index is -0.0000000245. The van der Waals surface area contributed by atoms with Crippen molar-refractivity contribution in [1.29, 1.82) is 0 Å². The average molecular weight is 178 g/mol. The fraction of sp³-hybridized carbons (Fsp3) is 0.167. The van der Waals surface area contributed by atoms with Crippen molar-refractivity contribution in [3.63, 3.8) is 0 Å². The van der Waals surface area contributed by atoms with Gasteiger partial charge in [0.25, 0.3) is 0 Å². The van der Waals surface area contributed by atoms with Crippen molar-refractivity contribution < 1.29 is 43.7 Å². The van der Waals surface area contributed by atoms with Gasteiger partial charge in [0.15, 0.2) is 0 Å². The first-order valence-corrected chi connectivity index (χ1v) is 2.29. The molecule has 0 spiro atoms. The van der Waals surface area contributed by atoms with E-state index in [0.717, 1.165) is 6.08 Å². The summed E-state index contributed by atoms with van der Waals surface area (Å²) >= 11 is 0. The molecule has 0 aromatic heterocycles. The number of carbonyl (C=O) groups is 1. The minimum atomic E-state index is -0.914. The molecule has 0 aromatic carbocycles. The van der Waals surface area contributed by atoms with Crippen LogP contribution in [0, 0.1) is 0 Å². The molecule has 0 heterocycles. The first-order chi connectivity index (χ1) is 3.77. The summed E-state index contributed by atoms with van der Waals surface area (Å²) in [6, 6.07) is 0. The Bertz CT molecular complexity index is 142. The summed E-state index contributed by atoms with van der Waals surface area (Å²) < 4.78 is 0. The Morgan fingerprint density at radius 3 is 2.30 bits per heavy atom. The molecule has 0 aromatic rings. The zero-order chi connectivity index (χ0) is 6.41. The quantitative estimate of drug-likeness (QED) is 0.307. The zero-order valence-electron chi connectivity index (χ0n) is 9.37. The number of carboxylic acids is 1. The maximum Gasteiger partial charge on any atom is 2.00 e. The predicted molar refractivity (Wildman–Crippen MR) is 40.7 cm³/mol. The molecule has 1 N–H and O–H groups in total. The van der Waals surface area contributed by atoms with Crippen molar-refractivity contribution in [2.45, 2.75) is 6.92 Å². The van der Waals surface area contributed by atoms with Gasteiger partial charge in [0.1, 0.15) is 0 Å². The van der Waals surface area contributed by atoms with Gasteiger partial charge in [-0.3, -0.25) is 0 Å². The third-order valence-corrected chi connectivity index (χ3v) is 0.542. The van der Waals surface area contributed by atoms with Crippen molar-refractivity contribution in [3.05, 3.63) is 24.3 Å². The minimum Gasteiger partial charge on any atom is -1.00 e. The van der Waals surface area contributed by atoms with Crippen LogP contribution in [0.4, 0.5) is 0 Å². The van der Waals surface area contributed by atoms with Gasteiger partial charge in [-0.05, 0) is 6.92 Å². The molecule has 0 fully saturated rings. The van der Waals surface area contributed by atoms with Crippen molar-refractivity contribution in [2.75, 3.05) is 0 Å². The SMILES string of the molecule is CC=CC=CC(=O)O.[Ca+2].[H-].[H-].[H-].[Na+]. The van der Waals surface area contributed by atoms with Crippen LogP contribution in [0.2, 0.25) is 0 Å². The fourth-order valence-corrected chi connectivity index (χ4v) is 0.249. The Morgan fingerprint density at radius 1 is 1.50 bits per heavy atom. The minimum absolute atomic E-state index is 0. The molecule has 0 atom stereocenters. The van der Waals surface area contributed by atoms with E-state index in [9.17, 15) is 4.79 Å². The van der Waals surface area contributed by atoms with E-state index >= 15 is 0 Å². The molecule has 10 heavy (non-hydrogen) atoms. The fourth-order valence-electron chi connectivity index (χ4n) is 0.249. The molecule has 0 rings (SSSR count). The van der Waals surface area contributed by atoms with Gasteiger partial charge in [0, 0.05) is 6.08 Å². The second kappa shape index (κ2) is 12.8. The van der Waals surface area contributed by atoms with Gasteiger partial charge in [-0.2, -0.15) is 0 Å². The maximum absolute atomic E-state index is 9.75. The van der Waals surface area contributed by atoms with Crippen LogP contribution in [0.3, 0.4) is 0 Å². The normalized spacial score (nSPS) is 8.90. The van der Waals surface area contributed by atoms with Crippen molar-refractivity contribution in [1.82, 2.24) is 0 Å². The molecule has 2 nitrogen and oxygen atoms in total. The second-order valence-corrected chi connectivity index (χ2v) is 1.22. The molecule has 50 valence electrons. The van der Waals surface area contributed by atoms with Crippen molar-refractivity contribution in [2.24, 2.45) is 0 Å². The summed E-state index contributed by atoms with van der Waals surface area (Å²) in [5.74, 6) is -0.914. The molecule has 0 radical (unpaired) electrons. The molecule has 0 bridgehead atoms. The van der Waals surface area contributed by atoms with Crippen molar-refractivity contribution >= 4 is 43.7 Å². The Hall–Kier alpha value is 1.21. The largest absolute Gasteiger partial charge is 2.00 e. The van der Waals surface area contributed by atoms with Gasteiger partial charge >= 0.3 is 73.3 Å². The molecule has 0 aliphatic heterocycles. The van der Waals surface area contributed by atoms with E-state index in [1.807, 2.05) is 6.92 Å². The maximum atomic E-state index is 9.75. The number of carboxylic acid groups (broad SMARTS) is 1. The number of hydrogen-bond acceptors (Lipinski definition) is 1. The third kappa shape index (κ3) is 16.1. The van der Waals surface area contributed by atoms with Crippen LogP contribution < -0.4 is 29.6 Å². The van der Waals surface area contributed by atoms with E-state index in [1.165, 1.54) is 6.08 Å². The number of hydrogen-bond donors (Lipinski definition) is 1. The van der Waals surface area contributed by atoms with Crippen LogP contribution in [0.1, 0.15) is 11.2 Å². The number of allylic oxidation sites excluding steroid dienone is 3. The van der Waals surface area contributed by atoms with Crippen LogP contribution in [0.15, 0.2) is 24.3 Å². The first-order valence-electron chi connectivity index (χ1n) is 2.29. The molecular weight excluding hydrogens is 167 g/mol. The van der Waals surface area contributed by atoms with Crippen LogP contribution in [-0.2, 0) is 4.79 Å². The van der Waals surface area contributed by atoms with Gasteiger partial charge in [-0.1, -0.05) is 18.2 Å². The molecule has 0 saturated carbocycles. The van der Waals surface area contributed by atoms with E-state index in [2.05, 4.69) is 0 Å². The van der Waals surface area contributed by atoms with Gasteiger partial charge in [-0.15, -0.1) is 0 Å². The smallest absolute Gasteiger partial charge is 1.00 e. The molecular formula is C6H11CaNaO2. The van der Waals surface area contributed by atoms with Crippen molar-refractivity contribution in [3.8, 4) is 0 Å². The second-order valence-electron chi connectivity index (χ2n) is 1.22. The third-order valence-electron chi connectivity index (χ3n) is 0.542. The molecule has 0 aliphatic carbocycles. The van der Waals surface area contributed by atoms with E-state index in [4.69, 9.17) is 5.11 Å². The molecule has 0 aliphatic rings. The van der Waals surface area contributed by atoms with Crippen LogP contribution in [-0.4, -0.2) is 48.8 Å². The predicted octanol–water partition coefficient (Wildman–Crippen LogP) is -1.84.